The first-order chi connectivity index (χ1) is 8.06. The molecule has 94 valence electrons. The van der Waals surface area contributed by atoms with Gasteiger partial charge in [0, 0.05) is 19.0 Å². The zero-order valence-corrected chi connectivity index (χ0v) is 11.3. The third-order valence-electron chi connectivity index (χ3n) is 3.62. The molecule has 0 aliphatic carbocycles. The van der Waals surface area contributed by atoms with Gasteiger partial charge in [0.15, 0.2) is 0 Å². The summed E-state index contributed by atoms with van der Waals surface area (Å²) in [5.74, 6) is 1.74. The van der Waals surface area contributed by atoms with Crippen LogP contribution in [0, 0.1) is 12.8 Å². The van der Waals surface area contributed by atoms with Crippen LogP contribution in [0.3, 0.4) is 0 Å². The summed E-state index contributed by atoms with van der Waals surface area (Å²) in [7, 11) is 0. The average Bonchev–Trinajstić information content (AvgIpc) is 2.67. The predicted octanol–water partition coefficient (Wildman–Crippen LogP) is 2.93. The molecule has 0 saturated carbocycles. The van der Waals surface area contributed by atoms with E-state index in [0.29, 0.717) is 18.1 Å². The van der Waals surface area contributed by atoms with Crippen LogP contribution in [0.5, 0.6) is 5.75 Å². The number of fused-ring (bicyclic) bond motifs is 1. The van der Waals surface area contributed by atoms with Gasteiger partial charge in [0.1, 0.15) is 11.9 Å². The van der Waals surface area contributed by atoms with Crippen LogP contribution in [0.4, 0.5) is 0 Å². The average molecular weight is 233 g/mol. The van der Waals surface area contributed by atoms with Crippen molar-refractivity contribution in [2.75, 3.05) is 6.54 Å². The van der Waals surface area contributed by atoms with Crippen molar-refractivity contribution in [3.63, 3.8) is 0 Å². The minimum Gasteiger partial charge on any atom is -0.488 e. The Morgan fingerprint density at radius 2 is 2.12 bits per heavy atom. The Bertz CT molecular complexity index is 387. The molecule has 1 aliphatic heterocycles. The van der Waals surface area contributed by atoms with Gasteiger partial charge in [0.2, 0.25) is 0 Å². The summed E-state index contributed by atoms with van der Waals surface area (Å²) in [4.78, 5) is 0. The first-order valence-electron chi connectivity index (χ1n) is 6.56. The quantitative estimate of drug-likeness (QED) is 0.863. The van der Waals surface area contributed by atoms with Gasteiger partial charge in [0.05, 0.1) is 0 Å². The van der Waals surface area contributed by atoms with Crippen LogP contribution in [0.15, 0.2) is 18.2 Å². The van der Waals surface area contributed by atoms with E-state index >= 15 is 0 Å². The second kappa shape index (κ2) is 5.09. The zero-order chi connectivity index (χ0) is 12.4. The highest BCUT2D eigenvalue weighted by molar-refractivity contribution is 5.40. The largest absolute Gasteiger partial charge is 0.488 e. The molecule has 0 saturated heterocycles. The maximum absolute atomic E-state index is 5.93. The van der Waals surface area contributed by atoms with Crippen molar-refractivity contribution in [3.8, 4) is 5.75 Å². The van der Waals surface area contributed by atoms with E-state index in [1.807, 2.05) is 0 Å². The van der Waals surface area contributed by atoms with E-state index in [2.05, 4.69) is 51.2 Å². The summed E-state index contributed by atoms with van der Waals surface area (Å²) in [6, 6.07) is 6.99. The molecule has 1 aromatic rings. The molecule has 2 heteroatoms. The Morgan fingerprint density at radius 3 is 2.82 bits per heavy atom. The first kappa shape index (κ1) is 12.4. The van der Waals surface area contributed by atoms with E-state index in [-0.39, 0.29) is 0 Å². The molecule has 0 aromatic heterocycles. The third kappa shape index (κ3) is 3.01. The van der Waals surface area contributed by atoms with E-state index in [1.165, 1.54) is 11.1 Å². The molecule has 17 heavy (non-hydrogen) atoms. The molecular weight excluding hydrogens is 210 g/mol. The smallest absolute Gasteiger partial charge is 0.123 e. The lowest BCUT2D eigenvalue weighted by atomic mass is 10.1. The molecule has 1 aliphatic rings. The van der Waals surface area contributed by atoms with Crippen molar-refractivity contribution < 1.29 is 4.74 Å². The summed E-state index contributed by atoms with van der Waals surface area (Å²) in [5, 5.41) is 3.55. The number of benzene rings is 1. The highest BCUT2D eigenvalue weighted by atomic mass is 16.5. The Hall–Kier alpha value is -1.02. The number of hydrogen-bond acceptors (Lipinski definition) is 2. The maximum Gasteiger partial charge on any atom is 0.123 e. The fourth-order valence-corrected chi connectivity index (χ4v) is 2.12. The van der Waals surface area contributed by atoms with E-state index in [4.69, 9.17) is 4.74 Å². The van der Waals surface area contributed by atoms with Crippen molar-refractivity contribution in [1.82, 2.24) is 5.32 Å². The van der Waals surface area contributed by atoms with Gasteiger partial charge in [-0.3, -0.25) is 0 Å². The van der Waals surface area contributed by atoms with Gasteiger partial charge in [-0.05, 0) is 31.4 Å². The molecule has 0 amide bonds. The molecule has 1 N–H and O–H groups in total. The normalized spacial score (nSPS) is 20.2. The van der Waals surface area contributed by atoms with Gasteiger partial charge in [-0.15, -0.1) is 0 Å². The fourth-order valence-electron chi connectivity index (χ4n) is 2.12. The standard InChI is InChI=1S/C15H23NO/c1-10(2)12(4)16-9-14-8-13-7-11(3)5-6-15(13)17-14/h5-7,10,12,14,16H,8-9H2,1-4H3. The van der Waals surface area contributed by atoms with E-state index < -0.39 is 0 Å². The second-order valence-electron chi connectivity index (χ2n) is 5.50. The number of hydrogen-bond donors (Lipinski definition) is 1. The van der Waals surface area contributed by atoms with Crippen molar-refractivity contribution >= 4 is 0 Å². The molecule has 1 aromatic carbocycles. The number of aryl methyl sites for hydroxylation is 1. The third-order valence-corrected chi connectivity index (χ3v) is 3.62. The van der Waals surface area contributed by atoms with E-state index in [0.717, 1.165) is 18.7 Å². The summed E-state index contributed by atoms with van der Waals surface area (Å²) in [6.07, 6.45) is 1.34. The molecule has 2 atom stereocenters. The Labute approximate surface area is 104 Å². The van der Waals surface area contributed by atoms with Crippen LogP contribution >= 0.6 is 0 Å². The molecule has 1 heterocycles. The van der Waals surface area contributed by atoms with Crippen LogP contribution in [0.2, 0.25) is 0 Å². The minimum absolute atomic E-state index is 0.299. The molecule has 0 fully saturated rings. The van der Waals surface area contributed by atoms with Crippen LogP contribution in [-0.2, 0) is 6.42 Å². The molecule has 2 unspecified atom stereocenters. The number of ether oxygens (including phenoxy) is 1. The molecule has 2 nitrogen and oxygen atoms in total. The van der Waals surface area contributed by atoms with E-state index in [9.17, 15) is 0 Å². The van der Waals surface area contributed by atoms with E-state index in [1.54, 1.807) is 0 Å². The van der Waals surface area contributed by atoms with Crippen LogP contribution in [0.1, 0.15) is 31.9 Å². The summed E-state index contributed by atoms with van der Waals surface area (Å²) >= 11 is 0. The van der Waals surface area contributed by atoms with Crippen molar-refractivity contribution in [3.05, 3.63) is 29.3 Å². The molecule has 0 radical (unpaired) electrons. The van der Waals surface area contributed by atoms with Crippen molar-refractivity contribution in [2.45, 2.75) is 46.3 Å². The summed E-state index contributed by atoms with van der Waals surface area (Å²) in [5.41, 5.74) is 2.67. The highest BCUT2D eigenvalue weighted by Gasteiger charge is 2.23. The van der Waals surface area contributed by atoms with Gasteiger partial charge in [0.25, 0.3) is 0 Å². The molecular formula is C15H23NO. The van der Waals surface area contributed by atoms with Crippen LogP contribution in [0.25, 0.3) is 0 Å². The topological polar surface area (TPSA) is 21.3 Å². The lowest BCUT2D eigenvalue weighted by Crippen LogP contribution is -2.38. The van der Waals surface area contributed by atoms with Crippen LogP contribution < -0.4 is 10.1 Å². The second-order valence-corrected chi connectivity index (χ2v) is 5.50. The zero-order valence-electron chi connectivity index (χ0n) is 11.3. The van der Waals surface area contributed by atoms with Crippen LogP contribution in [-0.4, -0.2) is 18.7 Å². The van der Waals surface area contributed by atoms with Gasteiger partial charge in [-0.25, -0.2) is 0 Å². The molecule has 2 rings (SSSR count). The lowest BCUT2D eigenvalue weighted by Gasteiger charge is -2.20. The molecule has 0 bridgehead atoms. The molecule has 0 spiro atoms. The Kier molecular flexibility index (Phi) is 3.72. The predicted molar refractivity (Wildman–Crippen MR) is 71.6 cm³/mol. The Balaban J connectivity index is 1.88. The summed E-state index contributed by atoms with van der Waals surface area (Å²) < 4.78 is 5.93. The van der Waals surface area contributed by atoms with Crippen molar-refractivity contribution in [1.29, 1.82) is 0 Å². The fraction of sp³-hybridized carbons (Fsp3) is 0.600. The van der Waals surface area contributed by atoms with Crippen molar-refractivity contribution in [2.24, 2.45) is 5.92 Å². The van der Waals surface area contributed by atoms with Gasteiger partial charge < -0.3 is 10.1 Å². The number of rotatable bonds is 4. The monoisotopic (exact) mass is 233 g/mol. The SMILES string of the molecule is Cc1ccc2c(c1)CC(CNC(C)C(C)C)O2. The maximum atomic E-state index is 5.93. The minimum atomic E-state index is 0.299. The van der Waals surface area contributed by atoms with Gasteiger partial charge in [-0.1, -0.05) is 31.5 Å². The first-order valence-corrected chi connectivity index (χ1v) is 6.56. The summed E-state index contributed by atoms with van der Waals surface area (Å²) in [6.45, 7) is 9.78. The highest BCUT2D eigenvalue weighted by Crippen LogP contribution is 2.29. The van der Waals surface area contributed by atoms with Gasteiger partial charge >= 0.3 is 0 Å². The Morgan fingerprint density at radius 1 is 1.35 bits per heavy atom. The van der Waals surface area contributed by atoms with Gasteiger partial charge in [-0.2, -0.15) is 0 Å². The number of nitrogens with one attached hydrogen (secondary N) is 1. The lowest BCUT2D eigenvalue weighted by molar-refractivity contribution is 0.217.